The average molecular weight is 366 g/mol. The SMILES string of the molecule is CCCCc1ccc(NC(=O)CSCc2c(F)cccc2Cl)cc1. The van der Waals surface area contributed by atoms with Gasteiger partial charge in [0.05, 0.1) is 5.75 Å². The number of nitrogens with one attached hydrogen (secondary N) is 1. The van der Waals surface area contributed by atoms with Crippen LogP contribution in [0.4, 0.5) is 10.1 Å². The van der Waals surface area contributed by atoms with E-state index in [1.54, 1.807) is 12.1 Å². The largest absolute Gasteiger partial charge is 0.325 e. The molecule has 0 saturated carbocycles. The minimum absolute atomic E-state index is 0.103. The van der Waals surface area contributed by atoms with Crippen LogP contribution in [0.1, 0.15) is 30.9 Å². The maximum atomic E-state index is 13.6. The molecule has 0 atom stereocenters. The fourth-order valence-corrected chi connectivity index (χ4v) is 3.41. The van der Waals surface area contributed by atoms with E-state index in [0.29, 0.717) is 16.3 Å². The van der Waals surface area contributed by atoms with Gasteiger partial charge in [0.2, 0.25) is 5.91 Å². The predicted molar refractivity (Wildman–Crippen MR) is 101 cm³/mol. The molecule has 0 heterocycles. The molecule has 1 N–H and O–H groups in total. The Labute approximate surface area is 151 Å². The van der Waals surface area contributed by atoms with Crippen molar-refractivity contribution in [3.8, 4) is 0 Å². The van der Waals surface area contributed by atoms with E-state index in [4.69, 9.17) is 11.6 Å². The maximum Gasteiger partial charge on any atom is 0.234 e. The van der Waals surface area contributed by atoms with Crippen molar-refractivity contribution in [1.29, 1.82) is 0 Å². The van der Waals surface area contributed by atoms with E-state index in [1.165, 1.54) is 36.2 Å². The molecule has 128 valence electrons. The van der Waals surface area contributed by atoms with Gasteiger partial charge in [-0.1, -0.05) is 43.1 Å². The second-order valence-electron chi connectivity index (χ2n) is 5.54. The molecule has 5 heteroatoms. The van der Waals surface area contributed by atoms with Gasteiger partial charge in [-0.15, -0.1) is 11.8 Å². The van der Waals surface area contributed by atoms with Crippen molar-refractivity contribution in [2.24, 2.45) is 0 Å². The van der Waals surface area contributed by atoms with Gasteiger partial charge in [-0.25, -0.2) is 4.39 Å². The zero-order chi connectivity index (χ0) is 17.4. The number of carbonyl (C=O) groups excluding carboxylic acids is 1. The van der Waals surface area contributed by atoms with Crippen molar-refractivity contribution in [1.82, 2.24) is 0 Å². The molecule has 0 unspecified atom stereocenters. The van der Waals surface area contributed by atoms with E-state index < -0.39 is 0 Å². The summed E-state index contributed by atoms with van der Waals surface area (Å²) in [5, 5.41) is 3.25. The molecule has 0 saturated heterocycles. The quantitative estimate of drug-likeness (QED) is 0.650. The van der Waals surface area contributed by atoms with Crippen LogP contribution in [0.25, 0.3) is 0 Å². The fraction of sp³-hybridized carbons (Fsp3) is 0.316. The topological polar surface area (TPSA) is 29.1 Å². The van der Waals surface area contributed by atoms with Crippen LogP contribution in [0.3, 0.4) is 0 Å². The lowest BCUT2D eigenvalue weighted by molar-refractivity contribution is -0.113. The molecule has 0 fully saturated rings. The maximum absolute atomic E-state index is 13.6. The highest BCUT2D eigenvalue weighted by Crippen LogP contribution is 2.24. The normalized spacial score (nSPS) is 10.6. The summed E-state index contributed by atoms with van der Waals surface area (Å²) >= 11 is 7.31. The van der Waals surface area contributed by atoms with Crippen molar-refractivity contribution in [3.05, 3.63) is 64.4 Å². The van der Waals surface area contributed by atoms with Gasteiger partial charge in [0.1, 0.15) is 5.82 Å². The third-order valence-electron chi connectivity index (χ3n) is 3.60. The van der Waals surface area contributed by atoms with Gasteiger partial charge in [0.15, 0.2) is 0 Å². The predicted octanol–water partition coefficient (Wildman–Crippen LogP) is 5.69. The number of benzene rings is 2. The molecule has 24 heavy (non-hydrogen) atoms. The monoisotopic (exact) mass is 365 g/mol. The Kier molecular flexibility index (Phi) is 7.60. The van der Waals surface area contributed by atoms with Crippen molar-refractivity contribution >= 4 is 35.0 Å². The molecule has 0 aromatic heterocycles. The van der Waals surface area contributed by atoms with Crippen LogP contribution in [-0.2, 0) is 17.0 Å². The number of halogens is 2. The number of hydrogen-bond donors (Lipinski definition) is 1. The van der Waals surface area contributed by atoms with E-state index in [2.05, 4.69) is 12.2 Å². The second kappa shape index (κ2) is 9.70. The molecule has 0 bridgehead atoms. The molecule has 0 spiro atoms. The summed E-state index contributed by atoms with van der Waals surface area (Å²) in [7, 11) is 0. The van der Waals surface area contributed by atoms with Crippen LogP contribution in [0, 0.1) is 5.82 Å². The van der Waals surface area contributed by atoms with Crippen molar-refractivity contribution < 1.29 is 9.18 Å². The number of rotatable bonds is 8. The Balaban J connectivity index is 1.79. The third kappa shape index (κ3) is 5.84. The van der Waals surface area contributed by atoms with E-state index in [0.717, 1.165) is 12.1 Å². The first-order chi connectivity index (χ1) is 11.6. The average Bonchev–Trinajstić information content (AvgIpc) is 2.57. The standard InChI is InChI=1S/C19H21ClFNOS/c1-2-3-5-14-8-10-15(11-9-14)22-19(23)13-24-12-16-17(20)6-4-7-18(16)21/h4,6-11H,2-3,5,12-13H2,1H3,(H,22,23). The van der Waals surface area contributed by atoms with Gasteiger partial charge in [-0.3, -0.25) is 4.79 Å². The molecule has 2 nitrogen and oxygen atoms in total. The number of anilines is 1. The summed E-state index contributed by atoms with van der Waals surface area (Å²) in [5.74, 6) is 0.184. The Morgan fingerprint density at radius 1 is 1.21 bits per heavy atom. The molecule has 2 aromatic carbocycles. The van der Waals surface area contributed by atoms with Gasteiger partial charge in [-0.05, 0) is 42.7 Å². The van der Waals surface area contributed by atoms with Crippen LogP contribution in [0.5, 0.6) is 0 Å². The Morgan fingerprint density at radius 3 is 2.62 bits per heavy atom. The third-order valence-corrected chi connectivity index (χ3v) is 4.91. The van der Waals surface area contributed by atoms with Crippen molar-refractivity contribution in [2.75, 3.05) is 11.1 Å². The van der Waals surface area contributed by atoms with Crippen LogP contribution in [0.15, 0.2) is 42.5 Å². The van der Waals surface area contributed by atoms with Crippen LogP contribution >= 0.6 is 23.4 Å². The summed E-state index contributed by atoms with van der Waals surface area (Å²) in [5.41, 5.74) is 2.50. The molecule has 0 radical (unpaired) electrons. The Hall–Kier alpha value is -1.52. The van der Waals surface area contributed by atoms with Gasteiger partial charge < -0.3 is 5.32 Å². The molecule has 2 rings (SSSR count). The zero-order valence-electron chi connectivity index (χ0n) is 13.6. The molecule has 0 aliphatic heterocycles. The molecule has 0 aliphatic rings. The smallest absolute Gasteiger partial charge is 0.234 e. The Bertz CT molecular complexity index is 655. The number of hydrogen-bond acceptors (Lipinski definition) is 2. The minimum Gasteiger partial charge on any atom is -0.325 e. The van der Waals surface area contributed by atoms with E-state index >= 15 is 0 Å². The van der Waals surface area contributed by atoms with Crippen LogP contribution in [0.2, 0.25) is 5.02 Å². The zero-order valence-corrected chi connectivity index (χ0v) is 15.2. The molecule has 2 aromatic rings. The molecule has 0 aliphatic carbocycles. The van der Waals surface area contributed by atoms with Crippen molar-refractivity contribution in [2.45, 2.75) is 31.9 Å². The molecular weight excluding hydrogens is 345 g/mol. The van der Waals surface area contributed by atoms with Gasteiger partial charge in [0.25, 0.3) is 0 Å². The summed E-state index contributed by atoms with van der Waals surface area (Å²) < 4.78 is 13.6. The first-order valence-electron chi connectivity index (χ1n) is 7.99. The molecular formula is C19H21ClFNOS. The first kappa shape index (κ1) is 18.8. The number of carbonyl (C=O) groups is 1. The van der Waals surface area contributed by atoms with Crippen LogP contribution in [-0.4, -0.2) is 11.7 Å². The second-order valence-corrected chi connectivity index (χ2v) is 6.93. The summed E-state index contributed by atoms with van der Waals surface area (Å²) in [6.07, 6.45) is 3.40. The highest BCUT2D eigenvalue weighted by Gasteiger charge is 2.09. The summed E-state index contributed by atoms with van der Waals surface area (Å²) in [6, 6.07) is 12.5. The van der Waals surface area contributed by atoms with Gasteiger partial charge in [-0.2, -0.15) is 0 Å². The lowest BCUT2D eigenvalue weighted by atomic mass is 10.1. The number of thioether (sulfide) groups is 1. The summed E-state index contributed by atoms with van der Waals surface area (Å²) in [4.78, 5) is 12.0. The van der Waals surface area contributed by atoms with E-state index in [9.17, 15) is 9.18 Å². The van der Waals surface area contributed by atoms with Gasteiger partial charge in [0, 0.05) is 22.0 Å². The highest BCUT2D eigenvalue weighted by molar-refractivity contribution is 7.99. The van der Waals surface area contributed by atoms with E-state index in [-0.39, 0.29) is 17.5 Å². The summed E-state index contributed by atoms with van der Waals surface area (Å²) in [6.45, 7) is 2.17. The fourth-order valence-electron chi connectivity index (χ4n) is 2.25. The highest BCUT2D eigenvalue weighted by atomic mass is 35.5. The van der Waals surface area contributed by atoms with Gasteiger partial charge >= 0.3 is 0 Å². The Morgan fingerprint density at radius 2 is 1.96 bits per heavy atom. The minimum atomic E-state index is -0.335. The van der Waals surface area contributed by atoms with E-state index in [1.807, 2.05) is 24.3 Å². The van der Waals surface area contributed by atoms with Crippen LogP contribution < -0.4 is 5.32 Å². The number of unbranched alkanes of at least 4 members (excludes halogenated alkanes) is 1. The number of aryl methyl sites for hydroxylation is 1. The van der Waals surface area contributed by atoms with Crippen molar-refractivity contribution in [3.63, 3.8) is 0 Å². The first-order valence-corrected chi connectivity index (χ1v) is 9.53. The number of amides is 1. The molecule has 1 amide bonds. The lowest BCUT2D eigenvalue weighted by Gasteiger charge is -2.08. The lowest BCUT2D eigenvalue weighted by Crippen LogP contribution is -2.14.